The first kappa shape index (κ1) is 15.3. The second-order valence-electron chi connectivity index (χ2n) is 5.04. The second-order valence-corrected chi connectivity index (χ2v) is 8.33. The zero-order valence-corrected chi connectivity index (χ0v) is 13.1. The maximum absolute atomic E-state index is 11.5. The molecule has 1 aromatic rings. The molecule has 0 bridgehead atoms. The van der Waals surface area contributed by atoms with Gasteiger partial charge in [0.05, 0.1) is 17.6 Å². The van der Waals surface area contributed by atoms with E-state index < -0.39 is 9.84 Å². The quantitative estimate of drug-likeness (QED) is 0.579. The summed E-state index contributed by atoms with van der Waals surface area (Å²) in [5, 5.41) is 17.6. The summed E-state index contributed by atoms with van der Waals surface area (Å²) in [5.41, 5.74) is 0. The van der Waals surface area contributed by atoms with Crippen LogP contribution in [0.3, 0.4) is 0 Å². The molecule has 6 nitrogen and oxygen atoms in total. The lowest BCUT2D eigenvalue weighted by molar-refractivity contribution is 0.552. The first-order chi connectivity index (χ1) is 9.52. The van der Waals surface area contributed by atoms with E-state index in [0.717, 1.165) is 29.6 Å². The number of aromatic nitrogens is 3. The average Bonchev–Trinajstić information content (AvgIpc) is 2.91. The van der Waals surface area contributed by atoms with E-state index in [1.807, 2.05) is 11.6 Å². The smallest absolute Gasteiger partial charge is 0.190 e. The molecule has 0 aliphatic carbocycles. The fourth-order valence-electron chi connectivity index (χ4n) is 2.25. The molecule has 0 saturated carbocycles. The number of sulfone groups is 1. The van der Waals surface area contributed by atoms with Crippen molar-refractivity contribution < 1.29 is 8.42 Å². The summed E-state index contributed by atoms with van der Waals surface area (Å²) in [7, 11) is -0.927. The van der Waals surface area contributed by atoms with E-state index in [4.69, 9.17) is 5.26 Å². The lowest BCUT2D eigenvalue weighted by Crippen LogP contribution is -2.11. The van der Waals surface area contributed by atoms with Gasteiger partial charge < -0.3 is 4.57 Å². The molecule has 2 rings (SSSR count). The van der Waals surface area contributed by atoms with Crippen molar-refractivity contribution in [2.45, 2.75) is 30.8 Å². The van der Waals surface area contributed by atoms with Gasteiger partial charge in [0.2, 0.25) is 0 Å². The molecular formula is C12H18N4O2S2. The molecule has 0 amide bonds. The number of unbranched alkanes of at least 4 members (excludes halogenated alkanes) is 1. The van der Waals surface area contributed by atoms with Gasteiger partial charge in [0, 0.05) is 25.6 Å². The van der Waals surface area contributed by atoms with Crippen LogP contribution in [0.5, 0.6) is 0 Å². The van der Waals surface area contributed by atoms with Crippen LogP contribution in [-0.4, -0.2) is 40.4 Å². The third kappa shape index (κ3) is 3.96. The molecular weight excluding hydrogens is 296 g/mol. The molecule has 0 spiro atoms. The molecule has 1 aliphatic heterocycles. The summed E-state index contributed by atoms with van der Waals surface area (Å²) in [6, 6.07) is 2.12. The molecule has 2 heterocycles. The Morgan fingerprint density at radius 3 is 2.95 bits per heavy atom. The number of thioether (sulfide) groups is 1. The standard InChI is InChI=1S/C12H18N4O2S2/c1-16-11(8-10-4-7-20(17,18)9-10)14-15-12(16)19-6-3-2-5-13/h10H,2-4,6-9H2,1H3/t10-/m1/s1. The van der Waals surface area contributed by atoms with Crippen molar-refractivity contribution in [2.75, 3.05) is 17.3 Å². The van der Waals surface area contributed by atoms with Gasteiger partial charge in [0.15, 0.2) is 15.0 Å². The van der Waals surface area contributed by atoms with Crippen LogP contribution in [0.15, 0.2) is 5.16 Å². The van der Waals surface area contributed by atoms with E-state index in [2.05, 4.69) is 16.3 Å². The zero-order chi connectivity index (χ0) is 14.6. The largest absolute Gasteiger partial charge is 0.309 e. The molecule has 8 heteroatoms. The summed E-state index contributed by atoms with van der Waals surface area (Å²) in [4.78, 5) is 0. The summed E-state index contributed by atoms with van der Waals surface area (Å²) in [5.74, 6) is 2.42. The maximum Gasteiger partial charge on any atom is 0.190 e. The van der Waals surface area contributed by atoms with Gasteiger partial charge in [0.25, 0.3) is 0 Å². The van der Waals surface area contributed by atoms with Gasteiger partial charge in [0.1, 0.15) is 5.82 Å². The minimum Gasteiger partial charge on any atom is -0.309 e. The summed E-state index contributed by atoms with van der Waals surface area (Å²) in [6.07, 6.45) is 2.78. The van der Waals surface area contributed by atoms with Crippen molar-refractivity contribution in [3.05, 3.63) is 5.82 Å². The second kappa shape index (κ2) is 6.59. The van der Waals surface area contributed by atoms with Crippen molar-refractivity contribution in [3.8, 4) is 6.07 Å². The van der Waals surface area contributed by atoms with Gasteiger partial charge in [-0.3, -0.25) is 0 Å². The van der Waals surface area contributed by atoms with Crippen LogP contribution in [0.1, 0.15) is 25.1 Å². The van der Waals surface area contributed by atoms with Crippen molar-refractivity contribution in [2.24, 2.45) is 13.0 Å². The number of nitriles is 1. The summed E-state index contributed by atoms with van der Waals surface area (Å²) >= 11 is 1.59. The fourth-order valence-corrected chi connectivity index (χ4v) is 4.99. The molecule has 0 N–H and O–H groups in total. The Kier molecular flexibility index (Phi) is 5.05. The van der Waals surface area contributed by atoms with Crippen molar-refractivity contribution in [1.82, 2.24) is 14.8 Å². The van der Waals surface area contributed by atoms with E-state index in [0.29, 0.717) is 18.6 Å². The SMILES string of the molecule is Cn1c(C[C@H]2CCS(=O)(=O)C2)nnc1SCCCC#N. The van der Waals surface area contributed by atoms with Gasteiger partial charge in [-0.25, -0.2) is 8.42 Å². The normalized spacial score (nSPS) is 20.9. The molecule has 1 aromatic heterocycles. The van der Waals surface area contributed by atoms with Crippen LogP contribution in [0.4, 0.5) is 0 Å². The minimum atomic E-state index is -2.84. The van der Waals surface area contributed by atoms with Crippen molar-refractivity contribution in [1.29, 1.82) is 5.26 Å². The Hall–Kier alpha value is -1.07. The Morgan fingerprint density at radius 2 is 2.30 bits per heavy atom. The Bertz CT molecular complexity index is 603. The van der Waals surface area contributed by atoms with Crippen LogP contribution in [0.25, 0.3) is 0 Å². The predicted octanol–water partition coefficient (Wildman–Crippen LogP) is 1.19. The van der Waals surface area contributed by atoms with Gasteiger partial charge in [-0.05, 0) is 18.8 Å². The van der Waals surface area contributed by atoms with Gasteiger partial charge in [-0.1, -0.05) is 11.8 Å². The molecule has 1 atom stereocenters. The van der Waals surface area contributed by atoms with Crippen molar-refractivity contribution >= 4 is 21.6 Å². The van der Waals surface area contributed by atoms with Crippen LogP contribution < -0.4 is 0 Å². The number of rotatable bonds is 6. The van der Waals surface area contributed by atoms with Gasteiger partial charge in [-0.15, -0.1) is 10.2 Å². The van der Waals surface area contributed by atoms with Crippen LogP contribution in [-0.2, 0) is 23.3 Å². The van der Waals surface area contributed by atoms with Crippen molar-refractivity contribution in [3.63, 3.8) is 0 Å². The third-order valence-corrected chi connectivity index (χ3v) is 6.33. The molecule has 0 radical (unpaired) electrons. The Balaban J connectivity index is 1.90. The van der Waals surface area contributed by atoms with E-state index in [9.17, 15) is 8.42 Å². The maximum atomic E-state index is 11.5. The van der Waals surface area contributed by atoms with Gasteiger partial charge >= 0.3 is 0 Å². The molecule has 110 valence electrons. The predicted molar refractivity (Wildman–Crippen MR) is 77.0 cm³/mol. The highest BCUT2D eigenvalue weighted by Crippen LogP contribution is 2.24. The Morgan fingerprint density at radius 1 is 1.50 bits per heavy atom. The molecule has 1 aliphatic rings. The lowest BCUT2D eigenvalue weighted by Gasteiger charge is -2.07. The summed E-state index contributed by atoms with van der Waals surface area (Å²) in [6.45, 7) is 0. The molecule has 1 fully saturated rings. The lowest BCUT2D eigenvalue weighted by atomic mass is 10.1. The number of hydrogen-bond donors (Lipinski definition) is 0. The molecule has 0 unspecified atom stereocenters. The zero-order valence-electron chi connectivity index (χ0n) is 11.4. The first-order valence-corrected chi connectivity index (χ1v) is 9.41. The first-order valence-electron chi connectivity index (χ1n) is 6.60. The highest BCUT2D eigenvalue weighted by atomic mass is 32.2. The topological polar surface area (TPSA) is 88.6 Å². The van der Waals surface area contributed by atoms with E-state index in [1.54, 1.807) is 11.8 Å². The molecule has 1 saturated heterocycles. The van der Waals surface area contributed by atoms with E-state index in [1.165, 1.54) is 0 Å². The van der Waals surface area contributed by atoms with E-state index >= 15 is 0 Å². The summed E-state index contributed by atoms with van der Waals surface area (Å²) < 4.78 is 24.8. The van der Waals surface area contributed by atoms with E-state index in [-0.39, 0.29) is 11.7 Å². The Labute approximate surface area is 123 Å². The number of hydrogen-bond acceptors (Lipinski definition) is 6. The number of nitrogens with zero attached hydrogens (tertiary/aromatic N) is 4. The monoisotopic (exact) mass is 314 g/mol. The average molecular weight is 314 g/mol. The van der Waals surface area contributed by atoms with Gasteiger partial charge in [-0.2, -0.15) is 5.26 Å². The van der Waals surface area contributed by atoms with Crippen LogP contribution in [0.2, 0.25) is 0 Å². The fraction of sp³-hybridized carbons (Fsp3) is 0.750. The molecule has 0 aromatic carbocycles. The third-order valence-electron chi connectivity index (χ3n) is 3.39. The molecule has 20 heavy (non-hydrogen) atoms. The highest BCUT2D eigenvalue weighted by Gasteiger charge is 2.29. The minimum absolute atomic E-state index is 0.166. The van der Waals surface area contributed by atoms with Crippen LogP contribution in [0, 0.1) is 17.2 Å². The van der Waals surface area contributed by atoms with Crippen LogP contribution >= 0.6 is 11.8 Å². The highest BCUT2D eigenvalue weighted by molar-refractivity contribution is 7.99.